The molecule has 3 rings (SSSR count). The Morgan fingerprint density at radius 3 is 2.23 bits per heavy atom. The molecule has 1 aliphatic rings. The van der Waals surface area contributed by atoms with Crippen molar-refractivity contribution in [3.8, 4) is 11.1 Å². The molecule has 0 heterocycles. The number of alkyl carbamates (subject to hydrolysis) is 1. The van der Waals surface area contributed by atoms with Gasteiger partial charge in [0.25, 0.3) is 0 Å². The average molecular weight is 313 g/mol. The number of thiol groups is 1. The average Bonchev–Trinajstić information content (AvgIpc) is 2.87. The zero-order valence-electron chi connectivity index (χ0n) is 12.5. The molecule has 22 heavy (non-hydrogen) atoms. The van der Waals surface area contributed by atoms with E-state index >= 15 is 0 Å². The van der Waals surface area contributed by atoms with Crippen molar-refractivity contribution in [2.75, 3.05) is 12.4 Å². The summed E-state index contributed by atoms with van der Waals surface area (Å²) in [7, 11) is 0. The Hall–Kier alpha value is -1.94. The van der Waals surface area contributed by atoms with Gasteiger partial charge in [-0.05, 0) is 29.2 Å². The second kappa shape index (κ2) is 6.44. The lowest BCUT2D eigenvalue weighted by molar-refractivity contribution is 0.140. The van der Waals surface area contributed by atoms with Gasteiger partial charge >= 0.3 is 6.09 Å². The molecule has 114 valence electrons. The van der Waals surface area contributed by atoms with E-state index in [0.717, 1.165) is 0 Å². The van der Waals surface area contributed by atoms with Gasteiger partial charge in [-0.1, -0.05) is 48.5 Å². The Morgan fingerprint density at radius 2 is 1.68 bits per heavy atom. The summed E-state index contributed by atoms with van der Waals surface area (Å²) in [5.74, 6) is 0.689. The Balaban J connectivity index is 1.78. The minimum Gasteiger partial charge on any atom is -0.449 e. The Morgan fingerprint density at radius 1 is 1.14 bits per heavy atom. The molecule has 1 aliphatic carbocycles. The second-order valence-corrected chi connectivity index (χ2v) is 5.92. The van der Waals surface area contributed by atoms with E-state index in [2.05, 4.69) is 42.2 Å². The number of carbonyl (C=O) groups excluding carboxylic acids is 1. The molecule has 0 fully saturated rings. The summed E-state index contributed by atoms with van der Waals surface area (Å²) in [5, 5.41) is 2.76. The molecule has 0 aromatic heterocycles. The molecule has 1 amide bonds. The van der Waals surface area contributed by atoms with E-state index in [4.69, 9.17) is 4.74 Å². The number of rotatable bonds is 4. The van der Waals surface area contributed by atoms with Crippen LogP contribution in [0, 0.1) is 0 Å². The van der Waals surface area contributed by atoms with E-state index in [1.165, 1.54) is 22.3 Å². The standard InChI is InChI=1S/C18H19NO2S/c1-12(11-22)19-18(20)21-10-17-15-8-4-2-6-13(15)14-7-3-5-9-16(14)17/h2-9,12,17,22H,10-11H2,1H3,(H,19,20). The SMILES string of the molecule is CC(CS)NC(=O)OCC1c2ccccc2-c2ccccc21. The highest BCUT2D eigenvalue weighted by atomic mass is 32.1. The number of amides is 1. The minimum atomic E-state index is -0.386. The maximum absolute atomic E-state index is 11.8. The van der Waals surface area contributed by atoms with Crippen molar-refractivity contribution in [2.45, 2.75) is 18.9 Å². The van der Waals surface area contributed by atoms with Crippen molar-refractivity contribution in [3.05, 3.63) is 59.7 Å². The van der Waals surface area contributed by atoms with E-state index < -0.39 is 0 Å². The molecular formula is C18H19NO2S. The number of hydrogen-bond acceptors (Lipinski definition) is 3. The largest absolute Gasteiger partial charge is 0.449 e. The van der Waals surface area contributed by atoms with Gasteiger partial charge in [0.15, 0.2) is 0 Å². The van der Waals surface area contributed by atoms with Crippen molar-refractivity contribution in [1.29, 1.82) is 0 Å². The van der Waals surface area contributed by atoms with Gasteiger partial charge in [-0.25, -0.2) is 4.79 Å². The third-order valence-corrected chi connectivity index (χ3v) is 4.53. The molecule has 0 aliphatic heterocycles. The Bertz CT molecular complexity index is 641. The lowest BCUT2D eigenvalue weighted by Gasteiger charge is -2.16. The van der Waals surface area contributed by atoms with Gasteiger partial charge in [0.2, 0.25) is 0 Å². The van der Waals surface area contributed by atoms with Gasteiger partial charge in [-0.3, -0.25) is 0 Å². The molecule has 2 aromatic rings. The summed E-state index contributed by atoms with van der Waals surface area (Å²) in [6.07, 6.45) is -0.386. The molecule has 4 heteroatoms. The van der Waals surface area contributed by atoms with Crippen LogP contribution in [0.15, 0.2) is 48.5 Å². The van der Waals surface area contributed by atoms with Gasteiger partial charge in [-0.2, -0.15) is 12.6 Å². The fraction of sp³-hybridized carbons (Fsp3) is 0.278. The predicted octanol–water partition coefficient (Wildman–Crippen LogP) is 3.84. The summed E-state index contributed by atoms with van der Waals surface area (Å²) in [6.45, 7) is 2.24. The molecule has 1 atom stereocenters. The fourth-order valence-electron chi connectivity index (χ4n) is 2.89. The van der Waals surface area contributed by atoms with E-state index in [1.54, 1.807) is 0 Å². The third kappa shape index (κ3) is 2.83. The van der Waals surface area contributed by atoms with Crippen molar-refractivity contribution in [1.82, 2.24) is 5.32 Å². The van der Waals surface area contributed by atoms with Crippen molar-refractivity contribution < 1.29 is 9.53 Å². The smallest absolute Gasteiger partial charge is 0.407 e. The minimum absolute atomic E-state index is 0.000941. The summed E-state index contributed by atoms with van der Waals surface area (Å²) in [4.78, 5) is 11.8. The lowest BCUT2D eigenvalue weighted by atomic mass is 9.98. The topological polar surface area (TPSA) is 38.3 Å². The highest BCUT2D eigenvalue weighted by molar-refractivity contribution is 7.80. The third-order valence-electron chi connectivity index (χ3n) is 3.98. The Kier molecular flexibility index (Phi) is 4.39. The molecule has 0 spiro atoms. The molecule has 1 N–H and O–H groups in total. The molecule has 0 bridgehead atoms. The summed E-state index contributed by atoms with van der Waals surface area (Å²) in [5.41, 5.74) is 4.91. The van der Waals surface area contributed by atoms with Gasteiger partial charge in [0, 0.05) is 17.7 Å². The monoisotopic (exact) mass is 313 g/mol. The van der Waals surface area contributed by atoms with Crippen LogP contribution in [-0.2, 0) is 4.74 Å². The predicted molar refractivity (Wildman–Crippen MR) is 91.5 cm³/mol. The number of fused-ring (bicyclic) bond motifs is 3. The fourth-order valence-corrected chi connectivity index (χ4v) is 2.98. The van der Waals surface area contributed by atoms with Crippen LogP contribution in [0.1, 0.15) is 24.0 Å². The molecule has 2 aromatic carbocycles. The maximum atomic E-state index is 11.8. The highest BCUT2D eigenvalue weighted by Crippen LogP contribution is 2.44. The van der Waals surface area contributed by atoms with Crippen LogP contribution in [0.25, 0.3) is 11.1 Å². The maximum Gasteiger partial charge on any atom is 0.407 e. The molecule has 0 saturated carbocycles. The zero-order valence-corrected chi connectivity index (χ0v) is 13.3. The second-order valence-electron chi connectivity index (χ2n) is 5.55. The number of benzene rings is 2. The number of hydrogen-bond donors (Lipinski definition) is 2. The quantitative estimate of drug-likeness (QED) is 0.842. The van der Waals surface area contributed by atoms with Gasteiger partial charge in [0.1, 0.15) is 6.61 Å². The first kappa shape index (κ1) is 15.0. The van der Waals surface area contributed by atoms with Crippen LogP contribution in [0.4, 0.5) is 4.79 Å². The first-order valence-corrected chi connectivity index (χ1v) is 8.06. The van der Waals surface area contributed by atoms with Crippen LogP contribution >= 0.6 is 12.6 Å². The molecule has 0 radical (unpaired) electrons. The van der Waals surface area contributed by atoms with Crippen LogP contribution in [0.5, 0.6) is 0 Å². The normalized spacial score (nSPS) is 14.1. The number of carbonyl (C=O) groups is 1. The van der Waals surface area contributed by atoms with Crippen molar-refractivity contribution in [2.24, 2.45) is 0 Å². The molecule has 3 nitrogen and oxygen atoms in total. The van der Waals surface area contributed by atoms with E-state index in [-0.39, 0.29) is 18.1 Å². The van der Waals surface area contributed by atoms with E-state index in [9.17, 15) is 4.79 Å². The highest BCUT2D eigenvalue weighted by Gasteiger charge is 2.28. The first-order chi connectivity index (χ1) is 10.7. The van der Waals surface area contributed by atoms with Crippen LogP contribution in [-0.4, -0.2) is 24.5 Å². The molecule has 0 saturated heterocycles. The summed E-state index contributed by atoms with van der Waals surface area (Å²) < 4.78 is 5.43. The number of nitrogens with one attached hydrogen (secondary N) is 1. The van der Waals surface area contributed by atoms with E-state index in [1.807, 2.05) is 31.2 Å². The molecule has 1 unspecified atom stereocenters. The Labute approximate surface area is 136 Å². The van der Waals surface area contributed by atoms with Crippen LogP contribution in [0.2, 0.25) is 0 Å². The van der Waals surface area contributed by atoms with Crippen LogP contribution < -0.4 is 5.32 Å². The van der Waals surface area contributed by atoms with E-state index in [0.29, 0.717) is 12.4 Å². The summed E-state index contributed by atoms with van der Waals surface area (Å²) >= 11 is 4.15. The van der Waals surface area contributed by atoms with Crippen molar-refractivity contribution in [3.63, 3.8) is 0 Å². The van der Waals surface area contributed by atoms with Gasteiger partial charge in [-0.15, -0.1) is 0 Å². The van der Waals surface area contributed by atoms with Crippen LogP contribution in [0.3, 0.4) is 0 Å². The van der Waals surface area contributed by atoms with Gasteiger partial charge < -0.3 is 10.1 Å². The van der Waals surface area contributed by atoms with Gasteiger partial charge in [0.05, 0.1) is 0 Å². The van der Waals surface area contributed by atoms with Crippen molar-refractivity contribution >= 4 is 18.7 Å². The zero-order chi connectivity index (χ0) is 15.5. The first-order valence-electron chi connectivity index (χ1n) is 7.43. The molecular weight excluding hydrogens is 294 g/mol. The summed E-state index contributed by atoms with van der Waals surface area (Å²) in [6, 6.07) is 16.6. The lowest BCUT2D eigenvalue weighted by Crippen LogP contribution is -2.34. The number of ether oxygens (including phenoxy) is 1.